The number of nitrogens with zero attached hydrogens (tertiary/aromatic N) is 1. The Kier molecular flexibility index (Phi) is 2.52. The Morgan fingerprint density at radius 3 is 3.00 bits per heavy atom. The summed E-state index contributed by atoms with van der Waals surface area (Å²) in [6, 6.07) is 5.78. The zero-order valence-corrected chi connectivity index (χ0v) is 8.40. The third-order valence-corrected chi connectivity index (χ3v) is 2.92. The molecule has 2 N–H and O–H groups in total. The Morgan fingerprint density at radius 1 is 1.57 bits per heavy atom. The van der Waals surface area contributed by atoms with Crippen molar-refractivity contribution in [3.63, 3.8) is 0 Å². The molecule has 3 nitrogen and oxygen atoms in total. The fourth-order valence-electron chi connectivity index (χ4n) is 2.01. The van der Waals surface area contributed by atoms with E-state index < -0.39 is 5.60 Å². The summed E-state index contributed by atoms with van der Waals surface area (Å²) >= 11 is 0. The first-order valence-electron chi connectivity index (χ1n) is 5.08. The van der Waals surface area contributed by atoms with Crippen molar-refractivity contribution in [1.29, 1.82) is 0 Å². The lowest BCUT2D eigenvalue weighted by Gasteiger charge is -2.29. The summed E-state index contributed by atoms with van der Waals surface area (Å²) < 4.78 is 0. The maximum absolute atomic E-state index is 10.4. The van der Waals surface area contributed by atoms with Gasteiger partial charge in [-0.15, -0.1) is 0 Å². The van der Waals surface area contributed by atoms with Crippen molar-refractivity contribution >= 4 is 0 Å². The molecule has 0 amide bonds. The number of hydrogen-bond donors (Lipinski definition) is 2. The van der Waals surface area contributed by atoms with E-state index in [1.165, 1.54) is 0 Å². The van der Waals surface area contributed by atoms with Gasteiger partial charge in [0.05, 0.1) is 5.69 Å². The van der Waals surface area contributed by atoms with Gasteiger partial charge in [0.15, 0.2) is 0 Å². The van der Waals surface area contributed by atoms with Crippen LogP contribution in [0.5, 0.6) is 0 Å². The maximum Gasteiger partial charge on any atom is 0.119 e. The second-order valence-corrected chi connectivity index (χ2v) is 4.01. The van der Waals surface area contributed by atoms with Crippen molar-refractivity contribution in [2.75, 3.05) is 6.54 Å². The summed E-state index contributed by atoms with van der Waals surface area (Å²) in [6.45, 7) is 2.83. The van der Waals surface area contributed by atoms with E-state index in [1.807, 2.05) is 25.1 Å². The van der Waals surface area contributed by atoms with Crippen LogP contribution in [0.1, 0.15) is 25.5 Å². The Balaban J connectivity index is 2.22. The molecule has 1 aromatic heterocycles. The first kappa shape index (κ1) is 9.62. The van der Waals surface area contributed by atoms with Crippen LogP contribution < -0.4 is 5.32 Å². The van der Waals surface area contributed by atoms with Crippen LogP contribution in [0, 0.1) is 0 Å². The molecule has 2 heterocycles. The number of nitrogens with one attached hydrogen (secondary N) is 1. The van der Waals surface area contributed by atoms with Crippen LogP contribution in [-0.4, -0.2) is 22.7 Å². The molecule has 1 aliphatic heterocycles. The van der Waals surface area contributed by atoms with Gasteiger partial charge in [0.25, 0.3) is 0 Å². The minimum absolute atomic E-state index is 0.136. The van der Waals surface area contributed by atoms with Gasteiger partial charge in [-0.1, -0.05) is 6.07 Å². The van der Waals surface area contributed by atoms with Crippen molar-refractivity contribution in [1.82, 2.24) is 10.3 Å². The maximum atomic E-state index is 10.4. The molecule has 2 rings (SSSR count). The highest BCUT2D eigenvalue weighted by Gasteiger charge is 2.36. The Bertz CT molecular complexity index is 291. The van der Waals surface area contributed by atoms with Crippen molar-refractivity contribution < 1.29 is 5.11 Å². The highest BCUT2D eigenvalue weighted by Crippen LogP contribution is 2.27. The van der Waals surface area contributed by atoms with E-state index in [4.69, 9.17) is 0 Å². The van der Waals surface area contributed by atoms with Gasteiger partial charge in [-0.3, -0.25) is 4.98 Å². The zero-order chi connectivity index (χ0) is 10.0. The van der Waals surface area contributed by atoms with Crippen LogP contribution in [-0.2, 0) is 5.60 Å². The summed E-state index contributed by atoms with van der Waals surface area (Å²) in [7, 11) is 0. The van der Waals surface area contributed by atoms with Gasteiger partial charge in [0, 0.05) is 12.2 Å². The topological polar surface area (TPSA) is 45.2 Å². The molecule has 0 aliphatic carbocycles. The van der Waals surface area contributed by atoms with Crippen LogP contribution in [0.3, 0.4) is 0 Å². The van der Waals surface area contributed by atoms with Gasteiger partial charge in [0.1, 0.15) is 5.60 Å². The summed E-state index contributed by atoms with van der Waals surface area (Å²) in [4.78, 5) is 4.20. The second-order valence-electron chi connectivity index (χ2n) is 4.01. The van der Waals surface area contributed by atoms with Gasteiger partial charge in [-0.2, -0.15) is 0 Å². The standard InChI is InChI=1S/C11H16N2O/c1-11(14,10-6-4-8-13-10)9-5-2-3-7-12-9/h2-3,5,7,10,13-14H,4,6,8H2,1H3/t10-,11?/m1/s1. The molecule has 76 valence electrons. The average molecular weight is 192 g/mol. The van der Waals surface area contributed by atoms with E-state index in [-0.39, 0.29) is 6.04 Å². The molecule has 3 heteroatoms. The summed E-state index contributed by atoms with van der Waals surface area (Å²) in [6.07, 6.45) is 3.87. The largest absolute Gasteiger partial charge is 0.382 e. The van der Waals surface area contributed by atoms with E-state index in [9.17, 15) is 5.11 Å². The average Bonchev–Trinajstić information content (AvgIpc) is 2.72. The molecular formula is C11H16N2O. The Morgan fingerprint density at radius 2 is 2.43 bits per heavy atom. The monoisotopic (exact) mass is 192 g/mol. The quantitative estimate of drug-likeness (QED) is 0.736. The summed E-state index contributed by atoms with van der Waals surface area (Å²) in [5.41, 5.74) is -0.1000. The zero-order valence-electron chi connectivity index (χ0n) is 8.40. The minimum Gasteiger partial charge on any atom is -0.382 e. The predicted molar refractivity (Wildman–Crippen MR) is 54.8 cm³/mol. The molecule has 0 radical (unpaired) electrons. The fraction of sp³-hybridized carbons (Fsp3) is 0.545. The first-order chi connectivity index (χ1) is 6.71. The van der Waals surface area contributed by atoms with Crippen molar-refractivity contribution in [2.24, 2.45) is 0 Å². The summed E-state index contributed by atoms with van der Waals surface area (Å²) in [5.74, 6) is 0. The van der Waals surface area contributed by atoms with Gasteiger partial charge in [-0.05, 0) is 38.4 Å². The van der Waals surface area contributed by atoms with Gasteiger partial charge >= 0.3 is 0 Å². The smallest absolute Gasteiger partial charge is 0.119 e. The lowest BCUT2D eigenvalue weighted by Crippen LogP contribution is -2.43. The van der Waals surface area contributed by atoms with Crippen LogP contribution in [0.15, 0.2) is 24.4 Å². The first-order valence-corrected chi connectivity index (χ1v) is 5.08. The van der Waals surface area contributed by atoms with Crippen LogP contribution in [0.2, 0.25) is 0 Å². The number of aromatic nitrogens is 1. The highest BCUT2D eigenvalue weighted by atomic mass is 16.3. The molecule has 14 heavy (non-hydrogen) atoms. The van der Waals surface area contributed by atoms with Crippen molar-refractivity contribution in [2.45, 2.75) is 31.4 Å². The van der Waals surface area contributed by atoms with Gasteiger partial charge in [0.2, 0.25) is 0 Å². The third-order valence-electron chi connectivity index (χ3n) is 2.92. The van der Waals surface area contributed by atoms with E-state index in [0.29, 0.717) is 0 Å². The van der Waals surface area contributed by atoms with Crippen LogP contribution >= 0.6 is 0 Å². The number of pyridine rings is 1. The van der Waals surface area contributed by atoms with Gasteiger partial charge in [-0.25, -0.2) is 0 Å². The molecule has 0 spiro atoms. The molecule has 1 fully saturated rings. The van der Waals surface area contributed by atoms with Crippen molar-refractivity contribution in [3.8, 4) is 0 Å². The van der Waals surface area contributed by atoms with E-state index in [2.05, 4.69) is 10.3 Å². The van der Waals surface area contributed by atoms with Gasteiger partial charge < -0.3 is 10.4 Å². The van der Waals surface area contributed by atoms with Crippen molar-refractivity contribution in [3.05, 3.63) is 30.1 Å². The lowest BCUT2D eigenvalue weighted by atomic mass is 9.91. The normalized spacial score (nSPS) is 26.0. The SMILES string of the molecule is CC(O)(c1ccccn1)[C@H]1CCCN1. The second kappa shape index (κ2) is 3.67. The molecule has 0 bridgehead atoms. The van der Waals surface area contributed by atoms with E-state index in [0.717, 1.165) is 25.1 Å². The molecular weight excluding hydrogens is 176 g/mol. The molecule has 1 unspecified atom stereocenters. The molecule has 0 aromatic carbocycles. The summed E-state index contributed by atoms with van der Waals surface area (Å²) in [5, 5.41) is 13.7. The lowest BCUT2D eigenvalue weighted by molar-refractivity contribution is 0.0176. The molecule has 1 saturated heterocycles. The Hall–Kier alpha value is -0.930. The third kappa shape index (κ3) is 1.65. The number of hydrogen-bond acceptors (Lipinski definition) is 3. The molecule has 1 aliphatic rings. The van der Waals surface area contributed by atoms with E-state index in [1.54, 1.807) is 6.20 Å². The molecule has 2 atom stereocenters. The fourth-order valence-corrected chi connectivity index (χ4v) is 2.01. The van der Waals surface area contributed by atoms with Crippen LogP contribution in [0.4, 0.5) is 0 Å². The minimum atomic E-state index is -0.849. The number of rotatable bonds is 2. The van der Waals surface area contributed by atoms with Crippen LogP contribution in [0.25, 0.3) is 0 Å². The highest BCUT2D eigenvalue weighted by molar-refractivity contribution is 5.15. The molecule has 0 saturated carbocycles. The molecule has 1 aromatic rings. The Labute approximate surface area is 84.2 Å². The number of aliphatic hydroxyl groups is 1. The predicted octanol–water partition coefficient (Wildman–Crippen LogP) is 1.04. The van der Waals surface area contributed by atoms with E-state index >= 15 is 0 Å².